The Bertz CT molecular complexity index is 1270. The monoisotopic (exact) mass is 505 g/mol. The Morgan fingerprint density at radius 2 is 1.24 bits per heavy atom. The fraction of sp³-hybridized carbons (Fsp3) is 0.207. The number of ketones is 1. The van der Waals surface area contributed by atoms with E-state index in [1.807, 2.05) is 36.4 Å². The molecule has 0 aliphatic carbocycles. The molecular formula is C29H31NO7. The minimum atomic E-state index is -0.171. The number of nitrogens with one attached hydrogen (secondary N) is 1. The van der Waals surface area contributed by atoms with Gasteiger partial charge in [-0.1, -0.05) is 24.3 Å². The molecule has 8 heteroatoms. The van der Waals surface area contributed by atoms with Crippen LogP contribution >= 0.6 is 0 Å². The Kier molecular flexibility index (Phi) is 9.43. The molecule has 0 aliphatic heterocycles. The molecule has 0 radical (unpaired) electrons. The van der Waals surface area contributed by atoms with Crippen molar-refractivity contribution in [3.05, 3.63) is 77.5 Å². The minimum Gasteiger partial charge on any atom is -0.497 e. The number of carbonyl (C=O) groups excluding carboxylic acids is 1. The molecule has 0 unspecified atom stereocenters. The Balaban J connectivity index is 1.89. The van der Waals surface area contributed by atoms with Crippen molar-refractivity contribution in [1.82, 2.24) is 0 Å². The zero-order valence-corrected chi connectivity index (χ0v) is 21.8. The number of hydrogen-bond donors (Lipinski definition) is 1. The van der Waals surface area contributed by atoms with Crippen LogP contribution in [0, 0.1) is 0 Å². The summed E-state index contributed by atoms with van der Waals surface area (Å²) < 4.78 is 32.5. The lowest BCUT2D eigenvalue weighted by molar-refractivity contribution is 0.104. The number of rotatable bonds is 12. The van der Waals surface area contributed by atoms with Gasteiger partial charge < -0.3 is 33.7 Å². The van der Waals surface area contributed by atoms with Gasteiger partial charge in [0.15, 0.2) is 28.8 Å². The van der Waals surface area contributed by atoms with Crippen LogP contribution in [-0.2, 0) is 0 Å². The van der Waals surface area contributed by atoms with E-state index in [-0.39, 0.29) is 5.78 Å². The lowest BCUT2D eigenvalue weighted by Crippen LogP contribution is -2.00. The predicted molar refractivity (Wildman–Crippen MR) is 145 cm³/mol. The van der Waals surface area contributed by atoms with Crippen LogP contribution in [-0.4, -0.2) is 48.4 Å². The maximum atomic E-state index is 12.6. The normalized spacial score (nSPS) is 10.9. The van der Waals surface area contributed by atoms with E-state index in [1.165, 1.54) is 6.08 Å². The van der Waals surface area contributed by atoms with Crippen LogP contribution in [0.15, 0.2) is 60.8 Å². The lowest BCUT2D eigenvalue weighted by Gasteiger charge is -2.14. The molecule has 0 aliphatic rings. The molecular weight excluding hydrogens is 474 g/mol. The van der Waals surface area contributed by atoms with Gasteiger partial charge in [-0.2, -0.15) is 0 Å². The van der Waals surface area contributed by atoms with E-state index in [0.29, 0.717) is 45.7 Å². The molecule has 0 bridgehead atoms. The van der Waals surface area contributed by atoms with E-state index in [1.54, 1.807) is 73.1 Å². The van der Waals surface area contributed by atoms with E-state index in [0.717, 1.165) is 11.1 Å². The third-order valence-electron chi connectivity index (χ3n) is 5.48. The first kappa shape index (κ1) is 27.0. The maximum absolute atomic E-state index is 12.6. The molecule has 3 aromatic rings. The van der Waals surface area contributed by atoms with Gasteiger partial charge in [0.2, 0.25) is 5.75 Å². The zero-order valence-electron chi connectivity index (χ0n) is 21.8. The van der Waals surface area contributed by atoms with Gasteiger partial charge in [0.05, 0.1) is 48.3 Å². The van der Waals surface area contributed by atoms with Crippen molar-refractivity contribution in [1.29, 1.82) is 0 Å². The molecule has 0 heterocycles. The van der Waals surface area contributed by atoms with Crippen molar-refractivity contribution >= 4 is 23.6 Å². The summed E-state index contributed by atoms with van der Waals surface area (Å²) in [5.41, 5.74) is 2.83. The number of hydrogen-bond acceptors (Lipinski definition) is 8. The second kappa shape index (κ2) is 12.9. The molecule has 0 atom stereocenters. The van der Waals surface area contributed by atoms with Gasteiger partial charge in [0, 0.05) is 17.8 Å². The van der Waals surface area contributed by atoms with Crippen molar-refractivity contribution < 1.29 is 33.2 Å². The summed E-state index contributed by atoms with van der Waals surface area (Å²) in [7, 11) is 9.39. The van der Waals surface area contributed by atoms with Gasteiger partial charge in [-0.3, -0.25) is 4.79 Å². The molecule has 1 N–H and O–H groups in total. The highest BCUT2D eigenvalue weighted by atomic mass is 16.5. The summed E-state index contributed by atoms with van der Waals surface area (Å²) in [5.74, 6) is 3.12. The first-order valence-corrected chi connectivity index (χ1v) is 11.3. The van der Waals surface area contributed by atoms with Crippen molar-refractivity contribution in [2.75, 3.05) is 48.0 Å². The number of allylic oxidation sites excluding steroid dienone is 1. The Morgan fingerprint density at radius 1 is 0.676 bits per heavy atom. The van der Waals surface area contributed by atoms with Crippen LogP contribution in [0.5, 0.6) is 34.5 Å². The topological polar surface area (TPSA) is 84.5 Å². The van der Waals surface area contributed by atoms with Gasteiger partial charge >= 0.3 is 0 Å². The van der Waals surface area contributed by atoms with Crippen molar-refractivity contribution in [2.24, 2.45) is 0 Å². The average Bonchev–Trinajstić information content (AvgIpc) is 2.94. The third-order valence-corrected chi connectivity index (χ3v) is 5.48. The molecule has 0 spiro atoms. The second-order valence-corrected chi connectivity index (χ2v) is 7.67. The van der Waals surface area contributed by atoms with Crippen molar-refractivity contribution in [3.63, 3.8) is 0 Å². The SMILES string of the molecule is COc1cccc(C(=O)/C=C\Nc2cc(/C=C\c3cc(OC)c(OC)c(OC)c3)cc(OC)c2OC)c1. The van der Waals surface area contributed by atoms with Crippen LogP contribution in [0.25, 0.3) is 12.2 Å². The van der Waals surface area contributed by atoms with Gasteiger partial charge in [-0.15, -0.1) is 0 Å². The highest BCUT2D eigenvalue weighted by Gasteiger charge is 2.13. The molecule has 0 saturated heterocycles. The maximum Gasteiger partial charge on any atom is 0.203 e. The van der Waals surface area contributed by atoms with Gasteiger partial charge in [-0.05, 0) is 47.5 Å². The fourth-order valence-electron chi connectivity index (χ4n) is 3.66. The number of anilines is 1. The molecule has 0 aromatic heterocycles. The fourth-order valence-corrected chi connectivity index (χ4v) is 3.66. The molecule has 0 saturated carbocycles. The van der Waals surface area contributed by atoms with Gasteiger partial charge in [-0.25, -0.2) is 0 Å². The van der Waals surface area contributed by atoms with Crippen LogP contribution in [0.1, 0.15) is 21.5 Å². The second-order valence-electron chi connectivity index (χ2n) is 7.67. The molecule has 0 amide bonds. The molecule has 37 heavy (non-hydrogen) atoms. The third kappa shape index (κ3) is 6.55. The van der Waals surface area contributed by atoms with E-state index in [4.69, 9.17) is 28.4 Å². The Hall–Kier alpha value is -4.59. The average molecular weight is 506 g/mol. The predicted octanol–water partition coefficient (Wildman–Crippen LogP) is 5.72. The summed E-state index contributed by atoms with van der Waals surface area (Å²) in [5, 5.41) is 3.13. The van der Waals surface area contributed by atoms with Crippen LogP contribution in [0.2, 0.25) is 0 Å². The van der Waals surface area contributed by atoms with Gasteiger partial charge in [0.25, 0.3) is 0 Å². The number of ether oxygens (including phenoxy) is 6. The highest BCUT2D eigenvalue weighted by Crippen LogP contribution is 2.40. The Labute approximate surface area is 217 Å². The highest BCUT2D eigenvalue weighted by molar-refractivity contribution is 6.04. The summed E-state index contributed by atoms with van der Waals surface area (Å²) in [6, 6.07) is 14.4. The first-order valence-electron chi connectivity index (χ1n) is 11.3. The van der Waals surface area contributed by atoms with E-state index in [2.05, 4.69) is 5.32 Å². The smallest absolute Gasteiger partial charge is 0.203 e. The molecule has 8 nitrogen and oxygen atoms in total. The minimum absolute atomic E-state index is 0.171. The van der Waals surface area contributed by atoms with E-state index in [9.17, 15) is 4.79 Å². The van der Waals surface area contributed by atoms with E-state index < -0.39 is 0 Å². The van der Waals surface area contributed by atoms with Crippen molar-refractivity contribution in [3.8, 4) is 34.5 Å². The number of methoxy groups -OCH3 is 6. The summed E-state index contributed by atoms with van der Waals surface area (Å²) in [6.45, 7) is 0. The molecule has 3 aromatic carbocycles. The summed E-state index contributed by atoms with van der Waals surface area (Å²) in [6.07, 6.45) is 6.83. The van der Waals surface area contributed by atoms with Crippen molar-refractivity contribution in [2.45, 2.75) is 0 Å². The van der Waals surface area contributed by atoms with Crippen LogP contribution in [0.4, 0.5) is 5.69 Å². The molecule has 194 valence electrons. The summed E-state index contributed by atoms with van der Waals surface area (Å²) in [4.78, 5) is 12.6. The Morgan fingerprint density at radius 3 is 1.78 bits per heavy atom. The first-order chi connectivity index (χ1) is 18.0. The van der Waals surface area contributed by atoms with Crippen LogP contribution in [0.3, 0.4) is 0 Å². The lowest BCUT2D eigenvalue weighted by atomic mass is 10.1. The standard InChI is InChI=1S/C29H31NO7/c1-32-22-9-7-8-21(18-22)24(31)12-13-30-23-14-19(15-25(33-2)28(23)36-5)10-11-20-16-26(34-3)29(37-6)27(17-20)35-4/h7-18,30H,1-6H3/b11-10-,13-12-. The summed E-state index contributed by atoms with van der Waals surface area (Å²) >= 11 is 0. The molecule has 3 rings (SSSR count). The van der Waals surface area contributed by atoms with E-state index >= 15 is 0 Å². The van der Waals surface area contributed by atoms with Gasteiger partial charge in [0.1, 0.15) is 5.75 Å². The largest absolute Gasteiger partial charge is 0.497 e. The zero-order chi connectivity index (χ0) is 26.8. The van der Waals surface area contributed by atoms with Crippen LogP contribution < -0.4 is 33.7 Å². The number of carbonyl (C=O) groups is 1. The quantitative estimate of drug-likeness (QED) is 0.190. The molecule has 0 fully saturated rings. The number of benzene rings is 3.